The Balaban J connectivity index is 1.68. The molecule has 8 heteroatoms. The first-order chi connectivity index (χ1) is 11.1. The van der Waals surface area contributed by atoms with Gasteiger partial charge >= 0.3 is 0 Å². The lowest BCUT2D eigenvalue weighted by atomic mass is 10.1. The molecule has 23 heavy (non-hydrogen) atoms. The number of rotatable bonds is 4. The molecule has 0 bridgehead atoms. The molecule has 0 spiro atoms. The summed E-state index contributed by atoms with van der Waals surface area (Å²) in [6.07, 6.45) is 1.90. The highest BCUT2D eigenvalue weighted by Gasteiger charge is 2.11. The molecule has 0 saturated heterocycles. The van der Waals surface area contributed by atoms with Gasteiger partial charge in [-0.15, -0.1) is 10.2 Å². The maximum Gasteiger partial charge on any atom is 0.257 e. The largest absolute Gasteiger partial charge is 0.296 e. The summed E-state index contributed by atoms with van der Waals surface area (Å²) in [4.78, 5) is 15.9. The van der Waals surface area contributed by atoms with Crippen molar-refractivity contribution in [2.45, 2.75) is 6.42 Å². The van der Waals surface area contributed by atoms with Crippen LogP contribution in [0.4, 0.5) is 9.52 Å². The van der Waals surface area contributed by atoms with Crippen LogP contribution in [0.5, 0.6) is 0 Å². The van der Waals surface area contributed by atoms with Crippen LogP contribution < -0.4 is 5.32 Å². The molecular weight excluding hydrogens is 339 g/mol. The second-order valence-electron chi connectivity index (χ2n) is 4.63. The third kappa shape index (κ3) is 4.08. The SMILES string of the molecule is O=C(Nc1nnc(Cc2cccc(F)c2)s1)c1ccnc(Cl)c1. The number of amides is 1. The smallest absolute Gasteiger partial charge is 0.257 e. The maximum absolute atomic E-state index is 13.2. The van der Waals surface area contributed by atoms with Crippen molar-refractivity contribution in [1.82, 2.24) is 15.2 Å². The van der Waals surface area contributed by atoms with Crippen LogP contribution in [-0.2, 0) is 6.42 Å². The van der Waals surface area contributed by atoms with Gasteiger partial charge in [0.15, 0.2) is 0 Å². The lowest BCUT2D eigenvalue weighted by Gasteiger charge is -2.00. The molecule has 3 rings (SSSR count). The molecule has 0 radical (unpaired) electrons. The summed E-state index contributed by atoms with van der Waals surface area (Å²) in [5.41, 5.74) is 1.17. The molecule has 0 aliphatic heterocycles. The average Bonchev–Trinajstić information content (AvgIpc) is 2.94. The zero-order chi connectivity index (χ0) is 16.2. The van der Waals surface area contributed by atoms with E-state index in [0.717, 1.165) is 5.56 Å². The summed E-state index contributed by atoms with van der Waals surface area (Å²) in [7, 11) is 0. The fourth-order valence-corrected chi connectivity index (χ4v) is 2.85. The fourth-order valence-electron chi connectivity index (χ4n) is 1.91. The Morgan fingerprint density at radius 2 is 2.13 bits per heavy atom. The Labute approximate surface area is 140 Å². The molecule has 0 unspecified atom stereocenters. The van der Waals surface area contributed by atoms with E-state index in [9.17, 15) is 9.18 Å². The Kier molecular flexibility index (Phi) is 4.59. The molecule has 1 amide bonds. The van der Waals surface area contributed by atoms with Crippen LogP contribution in [0.2, 0.25) is 5.15 Å². The number of carbonyl (C=O) groups excluding carboxylic acids is 1. The summed E-state index contributed by atoms with van der Waals surface area (Å²) in [5, 5.41) is 11.9. The van der Waals surface area contributed by atoms with E-state index in [4.69, 9.17) is 11.6 Å². The predicted octanol–water partition coefficient (Wildman–Crippen LogP) is 3.57. The third-order valence-electron chi connectivity index (χ3n) is 2.92. The van der Waals surface area contributed by atoms with Gasteiger partial charge in [-0.3, -0.25) is 10.1 Å². The molecule has 2 heterocycles. The van der Waals surface area contributed by atoms with Crippen molar-refractivity contribution in [2.24, 2.45) is 0 Å². The number of halogens is 2. The van der Waals surface area contributed by atoms with Crippen LogP contribution in [0.25, 0.3) is 0 Å². The highest BCUT2D eigenvalue weighted by molar-refractivity contribution is 7.15. The van der Waals surface area contributed by atoms with Gasteiger partial charge in [0.1, 0.15) is 16.0 Å². The van der Waals surface area contributed by atoms with Gasteiger partial charge in [0.25, 0.3) is 5.91 Å². The van der Waals surface area contributed by atoms with E-state index < -0.39 is 0 Å². The van der Waals surface area contributed by atoms with Crippen LogP contribution in [0.1, 0.15) is 20.9 Å². The molecule has 1 aromatic carbocycles. The minimum Gasteiger partial charge on any atom is -0.296 e. The van der Waals surface area contributed by atoms with Crippen molar-refractivity contribution >= 4 is 34.0 Å². The van der Waals surface area contributed by atoms with Gasteiger partial charge < -0.3 is 0 Å². The number of nitrogens with zero attached hydrogens (tertiary/aromatic N) is 3. The molecule has 0 aliphatic rings. The molecular formula is C15H10ClFN4OS. The molecule has 0 aliphatic carbocycles. The predicted molar refractivity (Wildman–Crippen MR) is 86.3 cm³/mol. The molecule has 5 nitrogen and oxygen atoms in total. The minimum atomic E-state index is -0.345. The first-order valence-electron chi connectivity index (χ1n) is 6.60. The highest BCUT2D eigenvalue weighted by atomic mass is 35.5. The van der Waals surface area contributed by atoms with E-state index >= 15 is 0 Å². The van der Waals surface area contributed by atoms with E-state index in [1.165, 1.54) is 35.7 Å². The lowest BCUT2D eigenvalue weighted by molar-refractivity contribution is 0.102. The monoisotopic (exact) mass is 348 g/mol. The molecule has 2 aromatic heterocycles. The van der Waals surface area contributed by atoms with E-state index in [1.54, 1.807) is 12.1 Å². The Hall–Kier alpha value is -2.38. The summed E-state index contributed by atoms with van der Waals surface area (Å²) >= 11 is 6.99. The van der Waals surface area contributed by atoms with Gasteiger partial charge in [0.05, 0.1) is 0 Å². The summed E-state index contributed by atoms with van der Waals surface area (Å²) in [5.74, 6) is -0.641. The number of nitrogens with one attached hydrogen (secondary N) is 1. The molecule has 116 valence electrons. The number of aromatic nitrogens is 3. The van der Waals surface area contributed by atoms with Crippen molar-refractivity contribution in [3.8, 4) is 0 Å². The van der Waals surface area contributed by atoms with Gasteiger partial charge in [-0.1, -0.05) is 35.1 Å². The van der Waals surface area contributed by atoms with Crippen LogP contribution in [-0.4, -0.2) is 21.1 Å². The Bertz CT molecular complexity index is 855. The summed E-state index contributed by atoms with van der Waals surface area (Å²) in [6, 6.07) is 9.29. The lowest BCUT2D eigenvalue weighted by Crippen LogP contribution is -2.11. The summed E-state index contributed by atoms with van der Waals surface area (Å²) in [6.45, 7) is 0. The van der Waals surface area contributed by atoms with E-state index in [1.807, 2.05) is 6.07 Å². The zero-order valence-corrected chi connectivity index (χ0v) is 13.2. The normalized spacial score (nSPS) is 10.5. The Morgan fingerprint density at radius 3 is 2.91 bits per heavy atom. The quantitative estimate of drug-likeness (QED) is 0.732. The maximum atomic E-state index is 13.2. The van der Waals surface area contributed by atoms with Crippen LogP contribution in [0.3, 0.4) is 0 Å². The zero-order valence-electron chi connectivity index (χ0n) is 11.7. The van der Waals surface area contributed by atoms with Crippen LogP contribution >= 0.6 is 22.9 Å². The average molecular weight is 349 g/mol. The Morgan fingerprint density at radius 1 is 1.26 bits per heavy atom. The number of benzene rings is 1. The molecule has 0 atom stereocenters. The topological polar surface area (TPSA) is 67.8 Å². The van der Waals surface area contributed by atoms with E-state index in [-0.39, 0.29) is 16.9 Å². The van der Waals surface area contributed by atoms with Crippen molar-refractivity contribution in [1.29, 1.82) is 0 Å². The van der Waals surface area contributed by atoms with Crippen molar-refractivity contribution in [3.63, 3.8) is 0 Å². The fraction of sp³-hybridized carbons (Fsp3) is 0.0667. The number of hydrogen-bond donors (Lipinski definition) is 1. The van der Waals surface area contributed by atoms with Gasteiger partial charge in [-0.2, -0.15) is 0 Å². The van der Waals surface area contributed by atoms with Gasteiger partial charge in [0.2, 0.25) is 5.13 Å². The third-order valence-corrected chi connectivity index (χ3v) is 3.97. The number of pyridine rings is 1. The van der Waals surface area contributed by atoms with Gasteiger partial charge in [-0.25, -0.2) is 9.37 Å². The van der Waals surface area contributed by atoms with Gasteiger partial charge in [0, 0.05) is 18.2 Å². The molecule has 0 fully saturated rings. The highest BCUT2D eigenvalue weighted by Crippen LogP contribution is 2.20. The summed E-state index contributed by atoms with van der Waals surface area (Å²) < 4.78 is 13.2. The van der Waals surface area contributed by atoms with E-state index in [0.29, 0.717) is 22.1 Å². The first-order valence-corrected chi connectivity index (χ1v) is 7.79. The molecule has 3 aromatic rings. The van der Waals surface area contributed by atoms with Crippen molar-refractivity contribution in [3.05, 3.63) is 69.7 Å². The number of carbonyl (C=O) groups is 1. The van der Waals surface area contributed by atoms with Gasteiger partial charge in [-0.05, 0) is 29.8 Å². The van der Waals surface area contributed by atoms with Crippen LogP contribution in [0, 0.1) is 5.82 Å². The molecule has 1 N–H and O–H groups in total. The standard InChI is InChI=1S/C15H10ClFN4OS/c16-12-8-10(4-5-18-12)14(22)19-15-21-20-13(23-15)7-9-2-1-3-11(17)6-9/h1-6,8H,7H2,(H,19,21,22). The van der Waals surface area contributed by atoms with Crippen LogP contribution in [0.15, 0.2) is 42.6 Å². The van der Waals surface area contributed by atoms with E-state index in [2.05, 4.69) is 20.5 Å². The second kappa shape index (κ2) is 6.80. The number of anilines is 1. The van der Waals surface area contributed by atoms with Crippen molar-refractivity contribution in [2.75, 3.05) is 5.32 Å². The molecule has 0 saturated carbocycles. The minimum absolute atomic E-state index is 0.238. The first kappa shape index (κ1) is 15.5. The second-order valence-corrected chi connectivity index (χ2v) is 6.08. The van der Waals surface area contributed by atoms with Crippen molar-refractivity contribution < 1.29 is 9.18 Å². The number of hydrogen-bond acceptors (Lipinski definition) is 5.